The Morgan fingerprint density at radius 3 is 2.29 bits per heavy atom. The van der Waals surface area contributed by atoms with E-state index in [0.717, 1.165) is 6.54 Å². The number of benzene rings is 1. The molecule has 1 aliphatic rings. The minimum absolute atomic E-state index is 0.896. The Bertz CT molecular complexity index is 326. The molecule has 1 heterocycles. The van der Waals surface area contributed by atoms with Gasteiger partial charge in [-0.1, -0.05) is 12.1 Å². The lowest BCUT2D eigenvalue weighted by molar-refractivity contribution is 0.286. The number of rotatable bonds is 4. The third-order valence-corrected chi connectivity index (χ3v) is 3.26. The second-order valence-corrected chi connectivity index (χ2v) is 4.94. The van der Waals surface area contributed by atoms with E-state index in [9.17, 15) is 0 Å². The van der Waals surface area contributed by atoms with Crippen molar-refractivity contribution < 1.29 is 0 Å². The van der Waals surface area contributed by atoms with Gasteiger partial charge in [-0.3, -0.25) is 10.4 Å². The van der Waals surface area contributed by atoms with Gasteiger partial charge in [0, 0.05) is 39.4 Å². The number of hydrogen-bond acceptors (Lipinski definition) is 3. The highest BCUT2D eigenvalue weighted by Crippen LogP contribution is 2.20. The summed E-state index contributed by atoms with van der Waals surface area (Å²) in [4.78, 5) is 2.49. The number of nitrogens with zero attached hydrogens (tertiary/aromatic N) is 2. The van der Waals surface area contributed by atoms with Crippen LogP contribution in [0.4, 0.5) is 5.69 Å². The Hall–Kier alpha value is -1.06. The van der Waals surface area contributed by atoms with Crippen LogP contribution in [-0.2, 0) is 6.54 Å². The maximum absolute atomic E-state index is 3.28. The molecule has 17 heavy (non-hydrogen) atoms. The zero-order valence-electron chi connectivity index (χ0n) is 10.9. The van der Waals surface area contributed by atoms with Crippen LogP contribution in [0.15, 0.2) is 24.3 Å². The predicted molar refractivity (Wildman–Crippen MR) is 73.0 cm³/mol. The molecule has 1 fully saturated rings. The van der Waals surface area contributed by atoms with Crippen LogP contribution in [0.2, 0.25) is 0 Å². The Kier molecular flexibility index (Phi) is 4.40. The van der Waals surface area contributed by atoms with E-state index in [1.54, 1.807) is 0 Å². The van der Waals surface area contributed by atoms with Crippen molar-refractivity contribution in [3.63, 3.8) is 0 Å². The Morgan fingerprint density at radius 1 is 1.06 bits per heavy atom. The summed E-state index contributed by atoms with van der Waals surface area (Å²) in [5, 5.41) is 1.98. The summed E-state index contributed by atoms with van der Waals surface area (Å²) in [6, 6.07) is 8.94. The van der Waals surface area contributed by atoms with E-state index in [1.165, 1.54) is 43.6 Å². The Labute approximate surface area is 104 Å². The number of anilines is 1. The van der Waals surface area contributed by atoms with Gasteiger partial charge in [0.25, 0.3) is 0 Å². The number of hydrogen-bond donors (Lipinski definition) is 1. The third kappa shape index (κ3) is 3.72. The van der Waals surface area contributed by atoms with Crippen molar-refractivity contribution in [1.82, 2.24) is 10.4 Å². The molecule has 0 aliphatic carbocycles. The second kappa shape index (κ2) is 6.03. The van der Waals surface area contributed by atoms with Crippen LogP contribution in [0, 0.1) is 0 Å². The molecular formula is C14H23N3. The van der Waals surface area contributed by atoms with Gasteiger partial charge in [0.2, 0.25) is 0 Å². The van der Waals surface area contributed by atoms with Gasteiger partial charge in [0.05, 0.1) is 0 Å². The summed E-state index contributed by atoms with van der Waals surface area (Å²) < 4.78 is 0. The van der Waals surface area contributed by atoms with Crippen LogP contribution in [0.25, 0.3) is 0 Å². The molecule has 0 unspecified atom stereocenters. The van der Waals surface area contributed by atoms with Gasteiger partial charge in [-0.15, -0.1) is 0 Å². The first-order chi connectivity index (χ1) is 8.25. The van der Waals surface area contributed by atoms with Crippen LogP contribution in [-0.4, -0.2) is 32.2 Å². The average molecular weight is 233 g/mol. The van der Waals surface area contributed by atoms with Crippen molar-refractivity contribution in [2.24, 2.45) is 0 Å². The van der Waals surface area contributed by atoms with Crippen molar-refractivity contribution in [2.45, 2.75) is 25.8 Å². The zero-order valence-corrected chi connectivity index (χ0v) is 10.9. The molecule has 1 aromatic rings. The predicted octanol–water partition coefficient (Wildman–Crippen LogP) is 2.24. The largest absolute Gasteiger partial charge is 0.372 e. The van der Waals surface area contributed by atoms with Crippen molar-refractivity contribution in [3.8, 4) is 0 Å². The van der Waals surface area contributed by atoms with E-state index in [-0.39, 0.29) is 0 Å². The van der Waals surface area contributed by atoms with Gasteiger partial charge in [0.1, 0.15) is 0 Å². The van der Waals surface area contributed by atoms with E-state index in [4.69, 9.17) is 0 Å². The molecule has 0 amide bonds. The summed E-state index contributed by atoms with van der Waals surface area (Å²) in [5.41, 5.74) is 5.99. The third-order valence-electron chi connectivity index (χ3n) is 3.26. The van der Waals surface area contributed by atoms with Crippen molar-refractivity contribution in [2.75, 3.05) is 32.1 Å². The molecule has 0 saturated carbocycles. The molecule has 0 bridgehead atoms. The fraction of sp³-hybridized carbons (Fsp3) is 0.571. The van der Waals surface area contributed by atoms with E-state index < -0.39 is 0 Å². The lowest BCUT2D eigenvalue weighted by atomic mass is 10.1. The smallest absolute Gasteiger partial charge is 0.0366 e. The van der Waals surface area contributed by atoms with E-state index in [0.29, 0.717) is 0 Å². The van der Waals surface area contributed by atoms with Crippen LogP contribution in [0.1, 0.15) is 24.8 Å². The van der Waals surface area contributed by atoms with Crippen LogP contribution < -0.4 is 10.3 Å². The highest BCUT2D eigenvalue weighted by atomic mass is 15.5. The minimum atomic E-state index is 0.896. The lowest BCUT2D eigenvalue weighted by Crippen LogP contribution is -2.30. The standard InChI is InChI=1S/C14H23N3/c1-16(2)15-12-13-6-8-14(9-7-13)17-10-4-3-5-11-17/h6-9,15H,3-5,10-12H2,1-2H3. The van der Waals surface area contributed by atoms with Crippen LogP contribution >= 0.6 is 0 Å². The van der Waals surface area contributed by atoms with Gasteiger partial charge in [0.15, 0.2) is 0 Å². The number of piperidine rings is 1. The lowest BCUT2D eigenvalue weighted by Gasteiger charge is -2.28. The monoisotopic (exact) mass is 233 g/mol. The molecule has 94 valence electrons. The van der Waals surface area contributed by atoms with Crippen molar-refractivity contribution >= 4 is 5.69 Å². The quantitative estimate of drug-likeness (QED) is 0.805. The molecule has 3 heteroatoms. The average Bonchev–Trinajstić information content (AvgIpc) is 2.38. The topological polar surface area (TPSA) is 18.5 Å². The molecule has 1 saturated heterocycles. The molecule has 1 N–H and O–H groups in total. The van der Waals surface area contributed by atoms with Gasteiger partial charge < -0.3 is 4.90 Å². The summed E-state index contributed by atoms with van der Waals surface area (Å²) >= 11 is 0. The molecule has 0 aromatic heterocycles. The fourth-order valence-electron chi connectivity index (χ4n) is 2.23. The normalized spacial score (nSPS) is 16.5. The van der Waals surface area contributed by atoms with Crippen LogP contribution in [0.5, 0.6) is 0 Å². The number of hydrazine groups is 1. The summed E-state index contributed by atoms with van der Waals surface area (Å²) in [5.74, 6) is 0. The molecule has 0 spiro atoms. The van der Waals surface area contributed by atoms with E-state index >= 15 is 0 Å². The second-order valence-electron chi connectivity index (χ2n) is 4.94. The Balaban J connectivity index is 1.92. The maximum Gasteiger partial charge on any atom is 0.0366 e. The Morgan fingerprint density at radius 2 is 1.71 bits per heavy atom. The fourth-order valence-corrected chi connectivity index (χ4v) is 2.23. The van der Waals surface area contributed by atoms with Gasteiger partial charge in [-0.05, 0) is 37.0 Å². The zero-order chi connectivity index (χ0) is 12.1. The molecule has 0 atom stereocenters. The first-order valence-electron chi connectivity index (χ1n) is 6.50. The number of nitrogens with one attached hydrogen (secondary N) is 1. The highest BCUT2D eigenvalue weighted by molar-refractivity contribution is 5.47. The first-order valence-corrected chi connectivity index (χ1v) is 6.50. The van der Waals surface area contributed by atoms with E-state index in [2.05, 4.69) is 34.6 Å². The molecule has 1 aliphatic heterocycles. The van der Waals surface area contributed by atoms with Crippen molar-refractivity contribution in [1.29, 1.82) is 0 Å². The SMILES string of the molecule is CN(C)NCc1ccc(N2CCCCC2)cc1. The summed E-state index contributed by atoms with van der Waals surface area (Å²) in [7, 11) is 4.03. The summed E-state index contributed by atoms with van der Waals surface area (Å²) in [6.45, 7) is 3.33. The summed E-state index contributed by atoms with van der Waals surface area (Å²) in [6.07, 6.45) is 4.06. The van der Waals surface area contributed by atoms with Crippen molar-refractivity contribution in [3.05, 3.63) is 29.8 Å². The molecule has 2 rings (SSSR count). The molecular weight excluding hydrogens is 210 g/mol. The van der Waals surface area contributed by atoms with Gasteiger partial charge in [-0.25, -0.2) is 0 Å². The maximum atomic E-state index is 3.28. The molecule has 1 aromatic carbocycles. The van der Waals surface area contributed by atoms with E-state index in [1.807, 2.05) is 19.1 Å². The van der Waals surface area contributed by atoms with Gasteiger partial charge in [-0.2, -0.15) is 0 Å². The minimum Gasteiger partial charge on any atom is -0.372 e. The van der Waals surface area contributed by atoms with Gasteiger partial charge >= 0.3 is 0 Å². The van der Waals surface area contributed by atoms with Crippen LogP contribution in [0.3, 0.4) is 0 Å². The molecule has 0 radical (unpaired) electrons. The first kappa shape index (κ1) is 12.4. The highest BCUT2D eigenvalue weighted by Gasteiger charge is 2.10. The molecule has 3 nitrogen and oxygen atoms in total.